The van der Waals surface area contributed by atoms with E-state index in [2.05, 4.69) is 15.9 Å². The summed E-state index contributed by atoms with van der Waals surface area (Å²) in [5, 5.41) is 18.9. The second-order valence-corrected chi connectivity index (χ2v) is 3.84. The van der Waals surface area contributed by atoms with Crippen LogP contribution in [0.25, 0.3) is 0 Å². The molecule has 64 valence electrons. The molecule has 0 saturated heterocycles. The zero-order valence-electron chi connectivity index (χ0n) is 6.47. The van der Waals surface area contributed by atoms with E-state index in [1.54, 1.807) is 6.07 Å². The molecule has 2 nitrogen and oxygen atoms in total. The van der Waals surface area contributed by atoms with E-state index < -0.39 is 0 Å². The first-order chi connectivity index (χ1) is 5.70. The van der Waals surface area contributed by atoms with Crippen LogP contribution in [0.5, 0.6) is 11.5 Å². The highest BCUT2D eigenvalue weighted by Crippen LogP contribution is 2.41. The number of phenolic OH excluding ortho intramolecular Hbond substituents is 2. The van der Waals surface area contributed by atoms with Crippen LogP contribution in [0.2, 0.25) is 0 Å². The molecular weight excluding hydrogens is 220 g/mol. The average molecular weight is 229 g/mol. The van der Waals surface area contributed by atoms with Crippen molar-refractivity contribution in [2.45, 2.75) is 19.3 Å². The van der Waals surface area contributed by atoms with Crippen molar-refractivity contribution in [2.75, 3.05) is 0 Å². The Labute approximate surface area is 79.0 Å². The number of benzene rings is 1. The van der Waals surface area contributed by atoms with Crippen molar-refractivity contribution in [1.82, 2.24) is 0 Å². The Bertz CT molecular complexity index is 334. The summed E-state index contributed by atoms with van der Waals surface area (Å²) in [6, 6.07) is 1.73. The molecule has 0 unspecified atom stereocenters. The number of hydrogen-bond donors (Lipinski definition) is 2. The quantitative estimate of drug-likeness (QED) is 0.716. The largest absolute Gasteiger partial charge is 0.507 e. The summed E-state index contributed by atoms with van der Waals surface area (Å²) in [5.41, 5.74) is 2.06. The smallest absolute Gasteiger partial charge is 0.136 e. The SMILES string of the molecule is Oc1cc2c(c(O)c1Br)CCC2. The molecule has 3 heteroatoms. The van der Waals surface area contributed by atoms with Gasteiger partial charge in [-0.15, -0.1) is 0 Å². The summed E-state index contributed by atoms with van der Waals surface area (Å²) in [7, 11) is 0. The van der Waals surface area contributed by atoms with E-state index in [9.17, 15) is 10.2 Å². The maximum atomic E-state index is 9.59. The third-order valence-electron chi connectivity index (χ3n) is 2.29. The fourth-order valence-corrected chi connectivity index (χ4v) is 2.03. The Morgan fingerprint density at radius 1 is 1.25 bits per heavy atom. The van der Waals surface area contributed by atoms with Crippen LogP contribution in [0.1, 0.15) is 17.5 Å². The van der Waals surface area contributed by atoms with Crippen LogP contribution in [0, 0.1) is 0 Å². The summed E-state index contributed by atoms with van der Waals surface area (Å²) >= 11 is 3.13. The van der Waals surface area contributed by atoms with Crippen molar-refractivity contribution >= 4 is 15.9 Å². The van der Waals surface area contributed by atoms with E-state index >= 15 is 0 Å². The van der Waals surface area contributed by atoms with Gasteiger partial charge in [0.2, 0.25) is 0 Å². The molecular formula is C9H9BrO2. The Hall–Kier alpha value is -0.700. The summed E-state index contributed by atoms with van der Waals surface area (Å²) in [6.45, 7) is 0. The van der Waals surface area contributed by atoms with Crippen LogP contribution in [-0.4, -0.2) is 10.2 Å². The van der Waals surface area contributed by atoms with Crippen LogP contribution in [0.15, 0.2) is 10.5 Å². The summed E-state index contributed by atoms with van der Waals surface area (Å²) < 4.78 is 0.420. The van der Waals surface area contributed by atoms with Crippen LogP contribution >= 0.6 is 15.9 Å². The van der Waals surface area contributed by atoms with E-state index in [4.69, 9.17) is 0 Å². The molecule has 1 aromatic rings. The number of hydrogen-bond acceptors (Lipinski definition) is 2. The Morgan fingerprint density at radius 3 is 2.75 bits per heavy atom. The van der Waals surface area contributed by atoms with Gasteiger partial charge >= 0.3 is 0 Å². The van der Waals surface area contributed by atoms with Crippen LogP contribution in [-0.2, 0) is 12.8 Å². The van der Waals surface area contributed by atoms with Crippen molar-refractivity contribution in [3.8, 4) is 11.5 Å². The van der Waals surface area contributed by atoms with Crippen molar-refractivity contribution in [3.05, 3.63) is 21.7 Å². The number of rotatable bonds is 0. The Morgan fingerprint density at radius 2 is 2.00 bits per heavy atom. The molecule has 1 aromatic carbocycles. The first kappa shape index (κ1) is 7.92. The molecule has 1 aliphatic carbocycles. The molecule has 0 atom stereocenters. The number of phenols is 2. The Balaban J connectivity index is 2.67. The molecule has 2 rings (SSSR count). The molecule has 12 heavy (non-hydrogen) atoms. The Kier molecular flexibility index (Phi) is 1.76. The maximum absolute atomic E-state index is 9.59. The molecule has 0 aromatic heterocycles. The zero-order valence-corrected chi connectivity index (χ0v) is 8.06. The lowest BCUT2D eigenvalue weighted by atomic mass is 10.1. The lowest BCUT2D eigenvalue weighted by molar-refractivity contribution is 0.440. The topological polar surface area (TPSA) is 40.5 Å². The van der Waals surface area contributed by atoms with Crippen LogP contribution in [0.3, 0.4) is 0 Å². The van der Waals surface area contributed by atoms with E-state index in [0.29, 0.717) is 4.47 Å². The third kappa shape index (κ3) is 1.00. The van der Waals surface area contributed by atoms with Crippen LogP contribution in [0.4, 0.5) is 0 Å². The molecule has 0 aliphatic heterocycles. The zero-order chi connectivity index (χ0) is 8.72. The monoisotopic (exact) mass is 228 g/mol. The van der Waals surface area contributed by atoms with Crippen molar-refractivity contribution in [1.29, 1.82) is 0 Å². The van der Waals surface area contributed by atoms with Gasteiger partial charge in [0.25, 0.3) is 0 Å². The predicted molar refractivity (Wildman–Crippen MR) is 49.5 cm³/mol. The number of halogens is 1. The van der Waals surface area contributed by atoms with E-state index in [1.165, 1.54) is 0 Å². The van der Waals surface area contributed by atoms with E-state index in [0.717, 1.165) is 30.4 Å². The van der Waals surface area contributed by atoms with Gasteiger partial charge < -0.3 is 10.2 Å². The van der Waals surface area contributed by atoms with Gasteiger partial charge in [-0.25, -0.2) is 0 Å². The lowest BCUT2D eigenvalue weighted by Gasteiger charge is -2.06. The van der Waals surface area contributed by atoms with Gasteiger partial charge in [0.05, 0.1) is 0 Å². The second-order valence-electron chi connectivity index (χ2n) is 3.05. The van der Waals surface area contributed by atoms with Gasteiger partial charge in [0, 0.05) is 0 Å². The lowest BCUT2D eigenvalue weighted by Crippen LogP contribution is -1.84. The predicted octanol–water partition coefficient (Wildman–Crippen LogP) is 2.35. The summed E-state index contributed by atoms with van der Waals surface area (Å²) in [6.07, 6.45) is 2.95. The van der Waals surface area contributed by atoms with Crippen molar-refractivity contribution < 1.29 is 10.2 Å². The fourth-order valence-electron chi connectivity index (χ4n) is 1.68. The van der Waals surface area contributed by atoms with Crippen molar-refractivity contribution in [2.24, 2.45) is 0 Å². The maximum Gasteiger partial charge on any atom is 0.136 e. The standard InChI is InChI=1S/C9H9BrO2/c10-8-7(11)4-5-2-1-3-6(5)9(8)12/h4,11-12H,1-3H2. The average Bonchev–Trinajstić information content (AvgIpc) is 2.48. The van der Waals surface area contributed by atoms with Gasteiger partial charge in [-0.05, 0) is 52.4 Å². The first-order valence-electron chi connectivity index (χ1n) is 3.92. The summed E-state index contributed by atoms with van der Waals surface area (Å²) in [4.78, 5) is 0. The molecule has 1 aliphatic rings. The minimum Gasteiger partial charge on any atom is -0.507 e. The number of aryl methyl sites for hydroxylation is 1. The minimum atomic E-state index is 0.133. The van der Waals surface area contributed by atoms with E-state index in [1.807, 2.05) is 0 Å². The highest BCUT2D eigenvalue weighted by atomic mass is 79.9. The molecule has 0 radical (unpaired) electrons. The molecule has 0 saturated carbocycles. The third-order valence-corrected chi connectivity index (χ3v) is 3.07. The first-order valence-corrected chi connectivity index (χ1v) is 4.71. The highest BCUT2D eigenvalue weighted by Gasteiger charge is 2.19. The summed E-state index contributed by atoms with van der Waals surface area (Å²) in [5.74, 6) is 0.343. The molecule has 0 spiro atoms. The van der Waals surface area contributed by atoms with Crippen molar-refractivity contribution in [3.63, 3.8) is 0 Å². The molecule has 0 fully saturated rings. The molecule has 0 amide bonds. The normalized spacial score (nSPS) is 14.8. The number of fused-ring (bicyclic) bond motifs is 1. The fraction of sp³-hybridized carbons (Fsp3) is 0.333. The van der Waals surface area contributed by atoms with Gasteiger partial charge in [0.15, 0.2) is 0 Å². The molecule has 0 bridgehead atoms. The number of aromatic hydroxyl groups is 2. The molecule has 2 N–H and O–H groups in total. The molecule has 0 heterocycles. The van der Waals surface area contributed by atoms with Gasteiger partial charge in [-0.2, -0.15) is 0 Å². The van der Waals surface area contributed by atoms with E-state index in [-0.39, 0.29) is 11.5 Å². The van der Waals surface area contributed by atoms with Gasteiger partial charge in [-0.1, -0.05) is 0 Å². The van der Waals surface area contributed by atoms with Gasteiger partial charge in [0.1, 0.15) is 16.0 Å². The second kappa shape index (κ2) is 2.66. The minimum absolute atomic E-state index is 0.133. The van der Waals surface area contributed by atoms with Crippen LogP contribution < -0.4 is 0 Å². The highest BCUT2D eigenvalue weighted by molar-refractivity contribution is 9.10. The van der Waals surface area contributed by atoms with Gasteiger partial charge in [-0.3, -0.25) is 0 Å².